The van der Waals surface area contributed by atoms with Gasteiger partial charge in [-0.2, -0.15) is 0 Å². The Balaban J connectivity index is 2.45. The predicted molar refractivity (Wildman–Crippen MR) is 78.0 cm³/mol. The highest BCUT2D eigenvalue weighted by Crippen LogP contribution is 2.12. The van der Waals surface area contributed by atoms with E-state index >= 15 is 0 Å². The SMILES string of the molecule is CC(C)C(=S)N1CCN(C(=S)C(C)C)CC1. The van der Waals surface area contributed by atoms with Gasteiger partial charge in [0.25, 0.3) is 0 Å². The predicted octanol–water partition coefficient (Wildman–Crippen LogP) is 2.57. The summed E-state index contributed by atoms with van der Waals surface area (Å²) in [4.78, 5) is 6.82. The summed E-state index contributed by atoms with van der Waals surface area (Å²) in [5, 5.41) is 0. The molecule has 0 aromatic rings. The molecule has 0 atom stereocenters. The van der Waals surface area contributed by atoms with E-state index < -0.39 is 0 Å². The molecule has 16 heavy (non-hydrogen) atoms. The van der Waals surface area contributed by atoms with Crippen LogP contribution >= 0.6 is 24.4 Å². The lowest BCUT2D eigenvalue weighted by molar-refractivity contribution is 0.253. The number of hydrogen-bond donors (Lipinski definition) is 0. The first kappa shape index (κ1) is 13.8. The van der Waals surface area contributed by atoms with Gasteiger partial charge in [0, 0.05) is 38.0 Å². The molecular formula is C12H22N2S2. The topological polar surface area (TPSA) is 6.48 Å². The minimum absolute atomic E-state index is 0.471. The molecular weight excluding hydrogens is 236 g/mol. The van der Waals surface area contributed by atoms with Crippen molar-refractivity contribution in [1.82, 2.24) is 9.80 Å². The molecule has 1 heterocycles. The van der Waals surface area contributed by atoms with Crippen LogP contribution in [0.2, 0.25) is 0 Å². The smallest absolute Gasteiger partial charge is 0.0806 e. The second kappa shape index (κ2) is 5.92. The van der Waals surface area contributed by atoms with Crippen LogP contribution in [0, 0.1) is 11.8 Å². The molecule has 0 aromatic carbocycles. The van der Waals surface area contributed by atoms with Crippen LogP contribution in [0.1, 0.15) is 27.7 Å². The second-order valence-electron chi connectivity index (χ2n) is 4.96. The molecule has 4 heteroatoms. The average Bonchev–Trinajstić information content (AvgIpc) is 2.27. The van der Waals surface area contributed by atoms with Gasteiger partial charge in [-0.05, 0) is 0 Å². The number of nitrogens with zero attached hydrogens (tertiary/aromatic N) is 2. The minimum atomic E-state index is 0.471. The molecule has 1 fully saturated rings. The Bertz CT molecular complexity index is 238. The third-order valence-electron chi connectivity index (χ3n) is 2.89. The lowest BCUT2D eigenvalue weighted by Gasteiger charge is -2.39. The van der Waals surface area contributed by atoms with E-state index in [1.165, 1.54) is 0 Å². The van der Waals surface area contributed by atoms with Crippen molar-refractivity contribution >= 4 is 34.4 Å². The van der Waals surface area contributed by atoms with Gasteiger partial charge in [0.2, 0.25) is 0 Å². The fourth-order valence-electron chi connectivity index (χ4n) is 1.88. The maximum Gasteiger partial charge on any atom is 0.0806 e. The molecule has 0 radical (unpaired) electrons. The van der Waals surface area contributed by atoms with E-state index in [9.17, 15) is 0 Å². The Labute approximate surface area is 110 Å². The van der Waals surface area contributed by atoms with Gasteiger partial charge >= 0.3 is 0 Å². The normalized spacial score (nSPS) is 17.1. The van der Waals surface area contributed by atoms with Gasteiger partial charge in [-0.25, -0.2) is 0 Å². The number of hydrogen-bond acceptors (Lipinski definition) is 2. The van der Waals surface area contributed by atoms with E-state index in [0.29, 0.717) is 11.8 Å². The van der Waals surface area contributed by atoms with Crippen molar-refractivity contribution in [1.29, 1.82) is 0 Å². The Kier molecular flexibility index (Phi) is 5.12. The molecule has 0 aromatic heterocycles. The zero-order chi connectivity index (χ0) is 12.3. The van der Waals surface area contributed by atoms with Crippen LogP contribution in [0.4, 0.5) is 0 Å². The fraction of sp³-hybridized carbons (Fsp3) is 0.833. The van der Waals surface area contributed by atoms with Gasteiger partial charge in [0.05, 0.1) is 9.98 Å². The van der Waals surface area contributed by atoms with E-state index in [1.54, 1.807) is 0 Å². The summed E-state index contributed by atoms with van der Waals surface area (Å²) in [6.07, 6.45) is 0. The van der Waals surface area contributed by atoms with Crippen molar-refractivity contribution in [3.63, 3.8) is 0 Å². The summed E-state index contributed by atoms with van der Waals surface area (Å²) >= 11 is 10.9. The van der Waals surface area contributed by atoms with E-state index in [-0.39, 0.29) is 0 Å². The van der Waals surface area contributed by atoms with E-state index in [1.807, 2.05) is 0 Å². The fourth-order valence-corrected chi connectivity index (χ4v) is 2.24. The first-order valence-corrected chi connectivity index (χ1v) is 6.82. The lowest BCUT2D eigenvalue weighted by atomic mass is 10.1. The average molecular weight is 258 g/mol. The molecule has 1 rings (SSSR count). The first-order chi connectivity index (χ1) is 7.43. The van der Waals surface area contributed by atoms with Crippen LogP contribution in [0.3, 0.4) is 0 Å². The Morgan fingerprint density at radius 2 is 1.00 bits per heavy atom. The number of thiocarbonyl (C=S) groups is 2. The monoisotopic (exact) mass is 258 g/mol. The third-order valence-corrected chi connectivity index (χ3v) is 4.35. The highest BCUT2D eigenvalue weighted by atomic mass is 32.1. The Hall–Kier alpha value is -0.220. The quantitative estimate of drug-likeness (QED) is 0.702. The van der Waals surface area contributed by atoms with Gasteiger partial charge in [-0.3, -0.25) is 0 Å². The molecule has 0 aliphatic carbocycles. The summed E-state index contributed by atoms with van der Waals surface area (Å²) < 4.78 is 0. The molecule has 0 bridgehead atoms. The highest BCUT2D eigenvalue weighted by Gasteiger charge is 2.22. The van der Waals surface area contributed by atoms with Gasteiger partial charge in [0.15, 0.2) is 0 Å². The van der Waals surface area contributed by atoms with Gasteiger partial charge < -0.3 is 9.80 Å². The maximum absolute atomic E-state index is 5.43. The zero-order valence-corrected chi connectivity index (χ0v) is 12.3. The van der Waals surface area contributed by atoms with Crippen LogP contribution in [0.15, 0.2) is 0 Å². The molecule has 0 spiro atoms. The summed E-state index contributed by atoms with van der Waals surface area (Å²) in [5.74, 6) is 0.942. The van der Waals surface area contributed by atoms with Gasteiger partial charge in [-0.1, -0.05) is 52.1 Å². The molecule has 0 saturated carbocycles. The van der Waals surface area contributed by atoms with Gasteiger partial charge in [0.1, 0.15) is 0 Å². The molecule has 0 amide bonds. The summed E-state index contributed by atoms with van der Waals surface area (Å²) in [7, 11) is 0. The van der Waals surface area contributed by atoms with Crippen molar-refractivity contribution < 1.29 is 0 Å². The standard InChI is InChI=1S/C12H22N2S2/c1-9(2)11(15)13-5-7-14(8-6-13)12(16)10(3)4/h9-10H,5-8H2,1-4H3. The molecule has 0 N–H and O–H groups in total. The van der Waals surface area contributed by atoms with Crippen molar-refractivity contribution in [2.45, 2.75) is 27.7 Å². The molecule has 1 saturated heterocycles. The molecule has 92 valence electrons. The summed E-state index contributed by atoms with van der Waals surface area (Å²) in [5.41, 5.74) is 0. The molecule has 1 aliphatic heterocycles. The summed E-state index contributed by atoms with van der Waals surface area (Å²) in [6, 6.07) is 0. The van der Waals surface area contributed by atoms with Crippen LogP contribution < -0.4 is 0 Å². The molecule has 2 nitrogen and oxygen atoms in total. The Morgan fingerprint density at radius 3 is 1.19 bits per heavy atom. The third kappa shape index (κ3) is 3.39. The van der Waals surface area contributed by atoms with Crippen LogP contribution in [0.25, 0.3) is 0 Å². The second-order valence-corrected chi connectivity index (χ2v) is 5.80. The Morgan fingerprint density at radius 1 is 0.750 bits per heavy atom. The molecule has 1 aliphatic rings. The van der Waals surface area contributed by atoms with Crippen molar-refractivity contribution in [3.05, 3.63) is 0 Å². The van der Waals surface area contributed by atoms with Gasteiger partial charge in [-0.15, -0.1) is 0 Å². The largest absolute Gasteiger partial charge is 0.362 e. The molecule has 0 unspecified atom stereocenters. The highest BCUT2D eigenvalue weighted by molar-refractivity contribution is 7.80. The maximum atomic E-state index is 5.43. The van der Waals surface area contributed by atoms with Crippen molar-refractivity contribution in [2.24, 2.45) is 11.8 Å². The summed E-state index contributed by atoms with van der Waals surface area (Å²) in [6.45, 7) is 12.7. The van der Waals surface area contributed by atoms with Crippen molar-refractivity contribution in [3.8, 4) is 0 Å². The number of rotatable bonds is 2. The van der Waals surface area contributed by atoms with Crippen LogP contribution in [-0.4, -0.2) is 46.0 Å². The number of piperazine rings is 1. The van der Waals surface area contributed by atoms with E-state index in [4.69, 9.17) is 24.4 Å². The zero-order valence-electron chi connectivity index (χ0n) is 10.7. The minimum Gasteiger partial charge on any atom is -0.362 e. The van der Waals surface area contributed by atoms with Crippen LogP contribution in [0.5, 0.6) is 0 Å². The first-order valence-electron chi connectivity index (χ1n) is 6.01. The lowest BCUT2D eigenvalue weighted by Crippen LogP contribution is -2.51. The van der Waals surface area contributed by atoms with E-state index in [0.717, 1.165) is 36.2 Å². The van der Waals surface area contributed by atoms with E-state index in [2.05, 4.69) is 37.5 Å². The van der Waals surface area contributed by atoms with Crippen LogP contribution in [-0.2, 0) is 0 Å². The van der Waals surface area contributed by atoms with Crippen molar-refractivity contribution in [2.75, 3.05) is 26.2 Å².